The second kappa shape index (κ2) is 6.20. The van der Waals surface area contributed by atoms with E-state index >= 15 is 0 Å². The molecule has 122 valence electrons. The number of halogens is 1. The number of nitrogens with zero attached hydrogens (tertiary/aromatic N) is 2. The first-order valence-electron chi connectivity index (χ1n) is 6.82. The first-order valence-corrected chi connectivity index (χ1v) is 8.64. The van der Waals surface area contributed by atoms with Gasteiger partial charge in [-0.05, 0) is 24.3 Å². The Morgan fingerprint density at radius 1 is 0.958 bits per heavy atom. The van der Waals surface area contributed by atoms with Crippen molar-refractivity contribution in [1.82, 2.24) is 0 Å². The molecule has 0 aliphatic carbocycles. The summed E-state index contributed by atoms with van der Waals surface area (Å²) in [4.78, 5) is -0.271. The lowest BCUT2D eigenvalue weighted by Crippen LogP contribution is -2.01. The van der Waals surface area contributed by atoms with Crippen LogP contribution in [0.15, 0.2) is 69.7 Å². The molecule has 0 radical (unpaired) electrons. The van der Waals surface area contributed by atoms with E-state index in [9.17, 15) is 13.0 Å². The molecule has 0 aliphatic rings. The molecule has 0 bridgehead atoms. The summed E-state index contributed by atoms with van der Waals surface area (Å²) in [6.07, 6.45) is 0. The van der Waals surface area contributed by atoms with Crippen LogP contribution >= 0.6 is 11.6 Å². The van der Waals surface area contributed by atoms with E-state index in [4.69, 9.17) is 17.3 Å². The van der Waals surface area contributed by atoms with Crippen LogP contribution in [0.5, 0.6) is 0 Å². The Bertz CT molecular complexity index is 1070. The van der Waals surface area contributed by atoms with Crippen LogP contribution in [0.25, 0.3) is 10.8 Å². The lowest BCUT2D eigenvalue weighted by Gasteiger charge is -2.09. The van der Waals surface area contributed by atoms with E-state index in [-0.39, 0.29) is 16.3 Å². The van der Waals surface area contributed by atoms with E-state index in [1.165, 1.54) is 6.07 Å². The lowest BCUT2D eigenvalue weighted by molar-refractivity contribution is 0.484. The summed E-state index contributed by atoms with van der Waals surface area (Å²) in [5.41, 5.74) is 6.97. The van der Waals surface area contributed by atoms with E-state index in [0.717, 1.165) is 0 Å². The third kappa shape index (κ3) is 3.23. The number of benzene rings is 3. The highest BCUT2D eigenvalue weighted by atomic mass is 35.5. The maximum absolute atomic E-state index is 11.7. The maximum atomic E-state index is 11.7. The molecule has 0 spiro atoms. The summed E-state index contributed by atoms with van der Waals surface area (Å²) in [7, 11) is -4.44. The Balaban J connectivity index is 2.20. The summed E-state index contributed by atoms with van der Waals surface area (Å²) in [6.45, 7) is 0. The number of azo groups is 1. The van der Waals surface area contributed by atoms with Crippen LogP contribution in [0.3, 0.4) is 0 Å². The zero-order chi connectivity index (χ0) is 17.3. The van der Waals surface area contributed by atoms with Gasteiger partial charge in [-0.15, -0.1) is 5.11 Å². The molecule has 0 aliphatic heterocycles. The summed E-state index contributed by atoms with van der Waals surface area (Å²) in [6, 6.07) is 14.5. The fraction of sp³-hybridized carbons (Fsp3) is 0. The van der Waals surface area contributed by atoms with Crippen LogP contribution in [0.1, 0.15) is 0 Å². The van der Waals surface area contributed by atoms with Crippen molar-refractivity contribution in [3.8, 4) is 0 Å². The van der Waals surface area contributed by atoms with Crippen LogP contribution in [0.4, 0.5) is 17.1 Å². The Morgan fingerprint density at radius 2 is 1.67 bits per heavy atom. The van der Waals surface area contributed by atoms with Crippen molar-refractivity contribution in [2.24, 2.45) is 10.2 Å². The molecule has 0 aromatic heterocycles. The standard InChI is InChI=1S/C16H12ClN3O3S/c17-10-4-3-5-11(8-10)19-20-14-9-15(24(21,22)23)12-6-1-2-7-13(12)16(14)18/h1-9H,18H2,(H,21,22,23). The Labute approximate surface area is 143 Å². The van der Waals surface area contributed by atoms with E-state index < -0.39 is 10.1 Å². The highest BCUT2D eigenvalue weighted by Gasteiger charge is 2.18. The summed E-state index contributed by atoms with van der Waals surface area (Å²) < 4.78 is 32.8. The van der Waals surface area contributed by atoms with Crippen molar-refractivity contribution >= 4 is 49.6 Å². The zero-order valence-corrected chi connectivity index (χ0v) is 13.8. The Morgan fingerprint density at radius 3 is 2.33 bits per heavy atom. The van der Waals surface area contributed by atoms with Gasteiger partial charge >= 0.3 is 0 Å². The van der Waals surface area contributed by atoms with Crippen LogP contribution in [-0.4, -0.2) is 13.0 Å². The number of nitrogen functional groups attached to an aromatic ring is 1. The van der Waals surface area contributed by atoms with Crippen LogP contribution in [0.2, 0.25) is 5.02 Å². The molecule has 0 saturated carbocycles. The van der Waals surface area contributed by atoms with Crippen LogP contribution in [-0.2, 0) is 10.1 Å². The minimum atomic E-state index is -4.44. The zero-order valence-electron chi connectivity index (χ0n) is 12.2. The Hall–Kier alpha value is -2.48. The monoisotopic (exact) mass is 361 g/mol. The topological polar surface area (TPSA) is 105 Å². The average Bonchev–Trinajstić information content (AvgIpc) is 2.53. The number of anilines is 1. The molecule has 0 heterocycles. The molecular formula is C16H12ClN3O3S. The molecule has 3 N–H and O–H groups in total. The summed E-state index contributed by atoms with van der Waals surface area (Å²) in [5.74, 6) is 0. The predicted octanol–water partition coefficient (Wildman–Crippen LogP) is 4.74. The molecule has 3 aromatic carbocycles. The van der Waals surface area contributed by atoms with Gasteiger partial charge in [-0.3, -0.25) is 4.55 Å². The van der Waals surface area contributed by atoms with Crippen LogP contribution in [0, 0.1) is 0 Å². The predicted molar refractivity (Wildman–Crippen MR) is 93.8 cm³/mol. The Kier molecular flexibility index (Phi) is 4.23. The fourth-order valence-corrected chi connectivity index (χ4v) is 3.20. The largest absolute Gasteiger partial charge is 0.396 e. The number of nitrogens with two attached hydrogens (primary N) is 1. The van der Waals surface area contributed by atoms with Crippen LogP contribution < -0.4 is 5.73 Å². The number of fused-ring (bicyclic) bond motifs is 1. The molecule has 6 nitrogen and oxygen atoms in total. The second-order valence-corrected chi connectivity index (χ2v) is 6.83. The second-order valence-electron chi connectivity index (χ2n) is 5.01. The molecule has 3 aromatic rings. The molecule has 0 atom stereocenters. The van der Waals surface area contributed by atoms with Crippen molar-refractivity contribution < 1.29 is 13.0 Å². The SMILES string of the molecule is Nc1c(N=Nc2cccc(Cl)c2)cc(S(=O)(=O)O)c2ccccc12. The molecule has 0 amide bonds. The van der Waals surface area contributed by atoms with E-state index in [0.29, 0.717) is 21.5 Å². The molecule has 3 rings (SSSR count). The van der Waals surface area contributed by atoms with Crippen molar-refractivity contribution in [1.29, 1.82) is 0 Å². The highest BCUT2D eigenvalue weighted by molar-refractivity contribution is 7.86. The van der Waals surface area contributed by atoms with Gasteiger partial charge in [0.1, 0.15) is 10.6 Å². The van der Waals surface area contributed by atoms with Gasteiger partial charge in [0.05, 0.1) is 11.4 Å². The number of hydrogen-bond acceptors (Lipinski definition) is 5. The number of rotatable bonds is 3. The van der Waals surface area contributed by atoms with Gasteiger partial charge in [-0.25, -0.2) is 0 Å². The van der Waals surface area contributed by atoms with E-state index in [2.05, 4.69) is 10.2 Å². The summed E-state index contributed by atoms with van der Waals surface area (Å²) in [5, 5.41) is 9.30. The van der Waals surface area contributed by atoms with E-state index in [1.807, 2.05) is 0 Å². The highest BCUT2D eigenvalue weighted by Crippen LogP contribution is 2.36. The molecule has 24 heavy (non-hydrogen) atoms. The lowest BCUT2D eigenvalue weighted by atomic mass is 10.1. The molecule has 0 unspecified atom stereocenters. The smallest absolute Gasteiger partial charge is 0.295 e. The minimum Gasteiger partial charge on any atom is -0.396 e. The van der Waals surface area contributed by atoms with Gasteiger partial charge < -0.3 is 5.73 Å². The average molecular weight is 362 g/mol. The number of hydrogen-bond donors (Lipinski definition) is 2. The third-order valence-corrected chi connectivity index (χ3v) is 4.51. The quantitative estimate of drug-likeness (QED) is 0.399. The maximum Gasteiger partial charge on any atom is 0.295 e. The van der Waals surface area contributed by atoms with Crippen molar-refractivity contribution in [2.45, 2.75) is 4.90 Å². The third-order valence-electron chi connectivity index (χ3n) is 3.39. The van der Waals surface area contributed by atoms with Gasteiger partial charge in [0.15, 0.2) is 0 Å². The van der Waals surface area contributed by atoms with Gasteiger partial charge in [-0.1, -0.05) is 41.9 Å². The fourth-order valence-electron chi connectivity index (χ4n) is 2.30. The van der Waals surface area contributed by atoms with Gasteiger partial charge in [0, 0.05) is 15.8 Å². The minimum absolute atomic E-state index is 0.140. The van der Waals surface area contributed by atoms with Crippen molar-refractivity contribution in [3.05, 3.63) is 59.6 Å². The first-order chi connectivity index (χ1) is 11.4. The van der Waals surface area contributed by atoms with Crippen molar-refractivity contribution in [3.63, 3.8) is 0 Å². The molecule has 0 saturated heterocycles. The normalized spacial score (nSPS) is 12.1. The van der Waals surface area contributed by atoms with E-state index in [1.54, 1.807) is 48.5 Å². The molecule has 8 heteroatoms. The molecule has 0 fully saturated rings. The first kappa shape index (κ1) is 16.4. The molecular weight excluding hydrogens is 350 g/mol. The van der Waals surface area contributed by atoms with Crippen molar-refractivity contribution in [2.75, 3.05) is 5.73 Å². The van der Waals surface area contributed by atoms with Gasteiger partial charge in [0.2, 0.25) is 0 Å². The summed E-state index contributed by atoms with van der Waals surface area (Å²) >= 11 is 5.88. The van der Waals surface area contributed by atoms with Gasteiger partial charge in [0.25, 0.3) is 10.1 Å². The van der Waals surface area contributed by atoms with Gasteiger partial charge in [-0.2, -0.15) is 13.5 Å².